The van der Waals surface area contributed by atoms with Crippen LogP contribution in [0.15, 0.2) is 6.07 Å². The molecule has 172 valence electrons. The molecule has 31 heavy (non-hydrogen) atoms. The number of hydrogen-bond donors (Lipinski definition) is 3. The Morgan fingerprint density at radius 3 is 2.68 bits per heavy atom. The summed E-state index contributed by atoms with van der Waals surface area (Å²) < 4.78 is 22.3. The van der Waals surface area contributed by atoms with Gasteiger partial charge < -0.3 is 39.6 Å². The van der Waals surface area contributed by atoms with Crippen LogP contribution in [0.5, 0.6) is 11.5 Å². The molecule has 0 saturated carbocycles. The molecule has 1 aromatic carbocycles. The Hall–Kier alpha value is -1.78. The van der Waals surface area contributed by atoms with Crippen LogP contribution in [-0.2, 0) is 9.47 Å². The molecule has 2 saturated heterocycles. The van der Waals surface area contributed by atoms with Crippen molar-refractivity contribution in [2.75, 3.05) is 65.0 Å². The Bertz CT molecular complexity index is 789. The van der Waals surface area contributed by atoms with Crippen LogP contribution in [0.3, 0.4) is 0 Å². The summed E-state index contributed by atoms with van der Waals surface area (Å²) in [4.78, 5) is 15.1. The van der Waals surface area contributed by atoms with Crippen LogP contribution in [0.4, 0.5) is 5.69 Å². The second kappa shape index (κ2) is 10.2. The molecular weight excluding hydrogens is 426 g/mol. The number of piperidine rings is 1. The number of halogens is 1. The van der Waals surface area contributed by atoms with Crippen molar-refractivity contribution in [1.29, 1.82) is 0 Å². The summed E-state index contributed by atoms with van der Waals surface area (Å²) >= 11 is 6.35. The molecule has 3 N–H and O–H groups in total. The first-order valence-electron chi connectivity index (χ1n) is 10.8. The number of nitrogens with zero attached hydrogens (tertiary/aromatic N) is 1. The Morgan fingerprint density at radius 1 is 1.23 bits per heavy atom. The molecule has 1 unspecified atom stereocenters. The van der Waals surface area contributed by atoms with Crippen molar-refractivity contribution >= 4 is 23.2 Å². The Balaban J connectivity index is 1.32. The third-order valence-corrected chi connectivity index (χ3v) is 6.34. The van der Waals surface area contributed by atoms with E-state index in [0.717, 1.165) is 25.9 Å². The van der Waals surface area contributed by atoms with Crippen LogP contribution in [0.2, 0.25) is 5.02 Å². The SMILES string of the molecule is CNc1cc(C(=O)NC[C@@H]2CCN(CCC3OCCO3)CC2O)c2c(c1Cl)OCCO2. The highest BCUT2D eigenvalue weighted by atomic mass is 35.5. The van der Waals surface area contributed by atoms with Crippen LogP contribution in [0.25, 0.3) is 0 Å². The number of aliphatic hydroxyl groups is 1. The lowest BCUT2D eigenvalue weighted by Gasteiger charge is -2.36. The molecule has 4 rings (SSSR count). The lowest BCUT2D eigenvalue weighted by molar-refractivity contribution is -0.0576. The first-order chi connectivity index (χ1) is 15.1. The van der Waals surface area contributed by atoms with Crippen molar-refractivity contribution in [3.8, 4) is 11.5 Å². The van der Waals surface area contributed by atoms with E-state index in [1.54, 1.807) is 13.1 Å². The van der Waals surface area contributed by atoms with E-state index in [9.17, 15) is 9.90 Å². The van der Waals surface area contributed by atoms with E-state index in [0.29, 0.717) is 67.3 Å². The van der Waals surface area contributed by atoms with Gasteiger partial charge in [-0.05, 0) is 19.0 Å². The number of carbonyl (C=O) groups excluding carboxylic acids is 1. The quantitative estimate of drug-likeness (QED) is 0.566. The maximum absolute atomic E-state index is 12.9. The van der Waals surface area contributed by atoms with Gasteiger partial charge in [-0.25, -0.2) is 0 Å². The average molecular weight is 456 g/mol. The number of nitrogens with one attached hydrogen (secondary N) is 2. The highest BCUT2D eigenvalue weighted by Crippen LogP contribution is 2.44. The molecule has 10 heteroatoms. The summed E-state index contributed by atoms with van der Waals surface area (Å²) in [6, 6.07) is 1.66. The van der Waals surface area contributed by atoms with Crippen molar-refractivity contribution in [2.45, 2.75) is 25.2 Å². The van der Waals surface area contributed by atoms with Gasteiger partial charge in [-0.15, -0.1) is 0 Å². The summed E-state index contributed by atoms with van der Waals surface area (Å²) in [6.07, 6.45) is 0.957. The summed E-state index contributed by atoms with van der Waals surface area (Å²) in [5.74, 6) is 0.455. The Labute approximate surface area is 186 Å². The summed E-state index contributed by atoms with van der Waals surface area (Å²) in [6.45, 7) is 4.68. The molecule has 0 aromatic heterocycles. The highest BCUT2D eigenvalue weighted by Gasteiger charge is 2.30. The predicted molar refractivity (Wildman–Crippen MR) is 115 cm³/mol. The zero-order valence-corrected chi connectivity index (χ0v) is 18.5. The van der Waals surface area contributed by atoms with Crippen molar-refractivity contribution in [3.05, 3.63) is 16.7 Å². The molecule has 2 atom stereocenters. The van der Waals surface area contributed by atoms with Crippen LogP contribution in [0.1, 0.15) is 23.2 Å². The van der Waals surface area contributed by atoms with Crippen LogP contribution < -0.4 is 20.1 Å². The van der Waals surface area contributed by atoms with E-state index in [4.69, 9.17) is 30.5 Å². The van der Waals surface area contributed by atoms with Gasteiger partial charge in [0.05, 0.1) is 30.6 Å². The minimum Gasteiger partial charge on any atom is -0.485 e. The van der Waals surface area contributed by atoms with Crippen LogP contribution in [0, 0.1) is 5.92 Å². The van der Waals surface area contributed by atoms with Crippen LogP contribution in [-0.4, -0.2) is 88.0 Å². The third-order valence-electron chi connectivity index (χ3n) is 5.97. The van der Waals surface area contributed by atoms with Crippen molar-refractivity contribution in [2.24, 2.45) is 5.92 Å². The molecule has 0 aliphatic carbocycles. The average Bonchev–Trinajstić information content (AvgIpc) is 3.31. The van der Waals surface area contributed by atoms with Gasteiger partial charge in [-0.2, -0.15) is 0 Å². The topological polar surface area (TPSA) is 102 Å². The summed E-state index contributed by atoms with van der Waals surface area (Å²) in [5.41, 5.74) is 0.964. The minimum absolute atomic E-state index is 0.0109. The molecule has 9 nitrogen and oxygen atoms in total. The molecule has 3 heterocycles. The number of aliphatic hydroxyl groups excluding tert-OH is 1. The fraction of sp³-hybridized carbons (Fsp3) is 0.667. The molecule has 0 radical (unpaired) electrons. The lowest BCUT2D eigenvalue weighted by atomic mass is 9.93. The van der Waals surface area contributed by atoms with Crippen molar-refractivity contribution < 1.29 is 28.8 Å². The standard InChI is InChI=1S/C21H30ClN3O6/c1-23-15-10-14(19-20(18(15)22)31-9-8-30-19)21(27)24-11-13-2-4-25(12-16(13)26)5-3-17-28-6-7-29-17/h10,13,16-17,23,26H,2-9,11-12H2,1H3,(H,24,27)/t13-,16?/m0/s1. The molecule has 1 amide bonds. The number of β-amino-alcohol motifs (C(OH)–C–C–N with tert-alkyl or cyclic N) is 1. The fourth-order valence-corrected chi connectivity index (χ4v) is 4.48. The molecule has 0 spiro atoms. The molecule has 1 aromatic rings. The number of hydrogen-bond acceptors (Lipinski definition) is 8. The van der Waals surface area contributed by atoms with Gasteiger partial charge in [0.15, 0.2) is 17.8 Å². The first kappa shape index (κ1) is 22.4. The maximum Gasteiger partial charge on any atom is 0.255 e. The molecule has 0 bridgehead atoms. The van der Waals surface area contributed by atoms with E-state index < -0.39 is 6.10 Å². The highest BCUT2D eigenvalue weighted by molar-refractivity contribution is 6.35. The number of rotatable bonds is 7. The molecule has 3 aliphatic heterocycles. The number of ether oxygens (including phenoxy) is 4. The second-order valence-corrected chi connectivity index (χ2v) is 8.36. The number of likely N-dealkylation sites (tertiary alicyclic amines) is 1. The van der Waals surface area contributed by atoms with Crippen molar-refractivity contribution in [1.82, 2.24) is 10.2 Å². The Morgan fingerprint density at radius 2 is 1.97 bits per heavy atom. The summed E-state index contributed by atoms with van der Waals surface area (Å²) in [5, 5.41) is 16.9. The number of carbonyl (C=O) groups is 1. The van der Waals surface area contributed by atoms with Gasteiger partial charge in [0, 0.05) is 39.0 Å². The number of benzene rings is 1. The minimum atomic E-state index is -0.508. The first-order valence-corrected chi connectivity index (χ1v) is 11.2. The van der Waals surface area contributed by atoms with Crippen LogP contribution >= 0.6 is 11.6 Å². The van der Waals surface area contributed by atoms with Gasteiger partial charge >= 0.3 is 0 Å². The van der Waals surface area contributed by atoms with Gasteiger partial charge in [0.25, 0.3) is 5.91 Å². The monoisotopic (exact) mass is 455 g/mol. The molecule has 2 fully saturated rings. The van der Waals surface area contributed by atoms with E-state index in [2.05, 4.69) is 15.5 Å². The normalized spacial score (nSPS) is 24.2. The lowest BCUT2D eigenvalue weighted by Crippen LogP contribution is -2.48. The van der Waals surface area contributed by atoms with E-state index in [1.165, 1.54) is 0 Å². The maximum atomic E-state index is 12.9. The van der Waals surface area contributed by atoms with Gasteiger partial charge in [-0.3, -0.25) is 4.79 Å². The van der Waals surface area contributed by atoms with E-state index in [-0.39, 0.29) is 18.1 Å². The zero-order chi connectivity index (χ0) is 21.8. The largest absolute Gasteiger partial charge is 0.485 e. The number of anilines is 1. The fourth-order valence-electron chi connectivity index (χ4n) is 4.20. The molecule has 3 aliphatic rings. The van der Waals surface area contributed by atoms with Crippen molar-refractivity contribution in [3.63, 3.8) is 0 Å². The third kappa shape index (κ3) is 5.18. The van der Waals surface area contributed by atoms with E-state index >= 15 is 0 Å². The Kier molecular flexibility index (Phi) is 7.39. The summed E-state index contributed by atoms with van der Waals surface area (Å²) in [7, 11) is 1.73. The smallest absolute Gasteiger partial charge is 0.255 e. The second-order valence-electron chi connectivity index (χ2n) is 7.98. The number of fused-ring (bicyclic) bond motifs is 1. The zero-order valence-electron chi connectivity index (χ0n) is 17.7. The van der Waals surface area contributed by atoms with Gasteiger partial charge in [0.2, 0.25) is 0 Å². The van der Waals surface area contributed by atoms with Gasteiger partial charge in [-0.1, -0.05) is 11.6 Å². The number of amides is 1. The predicted octanol–water partition coefficient (Wildman–Crippen LogP) is 1.33. The molecular formula is C21H30ClN3O6. The van der Waals surface area contributed by atoms with E-state index in [1.807, 2.05) is 0 Å². The van der Waals surface area contributed by atoms with Gasteiger partial charge in [0.1, 0.15) is 18.2 Å².